The van der Waals surface area contributed by atoms with Crippen LogP contribution in [0, 0.1) is 0 Å². The van der Waals surface area contributed by atoms with Crippen LogP contribution in [0.25, 0.3) is 0 Å². The SMILES string of the molecule is COc1ccc(S(=O)(=O)N2CCOCC2)cc1C(=O)Nc1cccc(N(C)S(C)(=O)=O)c1. The molecule has 0 spiro atoms. The first kappa shape index (κ1) is 24.0. The van der Waals surface area contributed by atoms with E-state index in [0.29, 0.717) is 24.6 Å². The molecule has 174 valence electrons. The molecule has 3 rings (SSSR count). The number of carbonyl (C=O) groups excluding carboxylic acids is 1. The fourth-order valence-corrected chi connectivity index (χ4v) is 5.06. The summed E-state index contributed by atoms with van der Waals surface area (Å²) in [4.78, 5) is 12.9. The van der Waals surface area contributed by atoms with Crippen LogP contribution in [0.1, 0.15) is 10.4 Å². The number of nitrogens with zero attached hydrogens (tertiary/aromatic N) is 2. The van der Waals surface area contributed by atoms with Crippen LogP contribution in [0.5, 0.6) is 5.75 Å². The summed E-state index contributed by atoms with van der Waals surface area (Å²) >= 11 is 0. The van der Waals surface area contributed by atoms with Gasteiger partial charge < -0.3 is 14.8 Å². The minimum absolute atomic E-state index is 0.0312. The van der Waals surface area contributed by atoms with Crippen molar-refractivity contribution >= 4 is 37.3 Å². The molecule has 32 heavy (non-hydrogen) atoms. The van der Waals surface area contributed by atoms with Gasteiger partial charge in [-0.1, -0.05) is 6.07 Å². The monoisotopic (exact) mass is 483 g/mol. The summed E-state index contributed by atoms with van der Waals surface area (Å²) < 4.78 is 62.4. The maximum atomic E-state index is 13.0. The lowest BCUT2D eigenvalue weighted by Crippen LogP contribution is -2.40. The Morgan fingerprint density at radius 3 is 2.41 bits per heavy atom. The van der Waals surface area contributed by atoms with Crippen LogP contribution in [0.4, 0.5) is 11.4 Å². The number of anilines is 2. The van der Waals surface area contributed by atoms with Gasteiger partial charge in [0.2, 0.25) is 20.0 Å². The average Bonchev–Trinajstić information content (AvgIpc) is 2.78. The van der Waals surface area contributed by atoms with Gasteiger partial charge in [0.1, 0.15) is 5.75 Å². The fraction of sp³-hybridized carbons (Fsp3) is 0.350. The molecule has 0 bridgehead atoms. The molecule has 0 atom stereocenters. The van der Waals surface area contributed by atoms with E-state index >= 15 is 0 Å². The Labute approximate surface area is 187 Å². The number of hydrogen-bond acceptors (Lipinski definition) is 7. The minimum atomic E-state index is -3.81. The predicted molar refractivity (Wildman–Crippen MR) is 120 cm³/mol. The number of ether oxygens (including phenoxy) is 2. The van der Waals surface area contributed by atoms with Crippen molar-refractivity contribution in [2.75, 3.05) is 56.3 Å². The molecule has 2 aromatic rings. The number of hydrogen-bond donors (Lipinski definition) is 1. The highest BCUT2D eigenvalue weighted by atomic mass is 32.2. The maximum absolute atomic E-state index is 13.0. The Morgan fingerprint density at radius 2 is 1.78 bits per heavy atom. The Hall–Kier alpha value is -2.67. The highest BCUT2D eigenvalue weighted by Gasteiger charge is 2.28. The quantitative estimate of drug-likeness (QED) is 0.631. The normalized spacial score (nSPS) is 15.2. The molecule has 1 fully saturated rings. The van der Waals surface area contributed by atoms with Crippen molar-refractivity contribution in [3.8, 4) is 5.75 Å². The second-order valence-electron chi connectivity index (χ2n) is 7.11. The van der Waals surface area contributed by atoms with Gasteiger partial charge in [0.25, 0.3) is 5.91 Å². The van der Waals surface area contributed by atoms with Gasteiger partial charge in [0.05, 0.1) is 42.7 Å². The number of nitrogens with one attached hydrogen (secondary N) is 1. The molecule has 1 N–H and O–H groups in total. The van der Waals surface area contributed by atoms with Crippen molar-refractivity contribution in [1.82, 2.24) is 4.31 Å². The van der Waals surface area contributed by atoms with Gasteiger partial charge in [0, 0.05) is 25.8 Å². The van der Waals surface area contributed by atoms with Gasteiger partial charge >= 0.3 is 0 Å². The van der Waals surface area contributed by atoms with Crippen LogP contribution < -0.4 is 14.4 Å². The van der Waals surface area contributed by atoms with Crippen LogP contribution in [-0.4, -0.2) is 73.8 Å². The zero-order chi connectivity index (χ0) is 23.5. The molecule has 1 aliphatic heterocycles. The van der Waals surface area contributed by atoms with E-state index in [1.807, 2.05) is 0 Å². The average molecular weight is 484 g/mol. The van der Waals surface area contributed by atoms with Crippen LogP contribution in [0.2, 0.25) is 0 Å². The topological polar surface area (TPSA) is 122 Å². The summed E-state index contributed by atoms with van der Waals surface area (Å²) in [5.41, 5.74) is 0.733. The predicted octanol–water partition coefficient (Wildman–Crippen LogP) is 1.36. The van der Waals surface area contributed by atoms with Crippen molar-refractivity contribution in [2.45, 2.75) is 4.90 Å². The highest BCUT2D eigenvalue weighted by molar-refractivity contribution is 7.92. The lowest BCUT2D eigenvalue weighted by atomic mass is 10.1. The second kappa shape index (κ2) is 9.45. The molecule has 1 aliphatic rings. The number of amides is 1. The molecule has 1 saturated heterocycles. The molecule has 0 aliphatic carbocycles. The number of benzene rings is 2. The zero-order valence-electron chi connectivity index (χ0n) is 17.9. The zero-order valence-corrected chi connectivity index (χ0v) is 19.6. The van der Waals surface area contributed by atoms with Gasteiger partial charge in [-0.2, -0.15) is 4.31 Å². The first-order valence-electron chi connectivity index (χ1n) is 9.65. The number of morpholine rings is 1. The van der Waals surface area contributed by atoms with E-state index in [1.54, 1.807) is 18.2 Å². The summed E-state index contributed by atoms with van der Waals surface area (Å²) in [6.07, 6.45) is 1.07. The summed E-state index contributed by atoms with van der Waals surface area (Å²) in [6, 6.07) is 10.4. The number of rotatable bonds is 7. The van der Waals surface area contributed by atoms with E-state index in [9.17, 15) is 21.6 Å². The Balaban J connectivity index is 1.90. The Kier molecular flexibility index (Phi) is 7.08. The van der Waals surface area contributed by atoms with E-state index in [4.69, 9.17) is 9.47 Å². The van der Waals surface area contributed by atoms with Crippen LogP contribution in [0.3, 0.4) is 0 Å². The number of carbonyl (C=O) groups is 1. The van der Waals surface area contributed by atoms with Gasteiger partial charge in [-0.05, 0) is 36.4 Å². The third-order valence-corrected chi connectivity index (χ3v) is 8.09. The standard InChI is InChI=1S/C20H25N3O7S2/c1-22(31(3,25)26)16-6-4-5-15(13-16)21-20(24)18-14-17(7-8-19(18)29-2)32(27,28)23-9-11-30-12-10-23/h4-8,13-14H,9-12H2,1-3H3,(H,21,24). The molecule has 2 aromatic carbocycles. The summed E-state index contributed by atoms with van der Waals surface area (Å²) in [7, 11) is -4.50. The van der Waals surface area contributed by atoms with Gasteiger partial charge in [-0.15, -0.1) is 0 Å². The smallest absolute Gasteiger partial charge is 0.259 e. The number of sulfonamides is 2. The highest BCUT2D eigenvalue weighted by Crippen LogP contribution is 2.27. The van der Waals surface area contributed by atoms with Crippen molar-refractivity contribution < 1.29 is 31.1 Å². The molecule has 0 aromatic heterocycles. The van der Waals surface area contributed by atoms with E-state index in [1.165, 1.54) is 42.7 Å². The first-order valence-corrected chi connectivity index (χ1v) is 12.9. The van der Waals surface area contributed by atoms with Crippen molar-refractivity contribution in [3.63, 3.8) is 0 Å². The van der Waals surface area contributed by atoms with Crippen LogP contribution >= 0.6 is 0 Å². The van der Waals surface area contributed by atoms with E-state index in [-0.39, 0.29) is 29.3 Å². The van der Waals surface area contributed by atoms with E-state index < -0.39 is 26.0 Å². The molecule has 1 amide bonds. The van der Waals surface area contributed by atoms with E-state index in [0.717, 1.165) is 10.6 Å². The molecular weight excluding hydrogens is 458 g/mol. The Morgan fingerprint density at radius 1 is 1.09 bits per heavy atom. The van der Waals surface area contributed by atoms with Gasteiger partial charge in [-0.3, -0.25) is 9.10 Å². The van der Waals surface area contributed by atoms with Crippen molar-refractivity contribution in [3.05, 3.63) is 48.0 Å². The third-order valence-electron chi connectivity index (χ3n) is 4.99. The third kappa shape index (κ3) is 5.21. The van der Waals surface area contributed by atoms with Crippen LogP contribution in [0.15, 0.2) is 47.4 Å². The lowest BCUT2D eigenvalue weighted by molar-refractivity contribution is 0.0730. The molecule has 0 radical (unpaired) electrons. The molecule has 1 heterocycles. The maximum Gasteiger partial charge on any atom is 0.259 e. The van der Waals surface area contributed by atoms with Crippen LogP contribution in [-0.2, 0) is 24.8 Å². The molecule has 0 saturated carbocycles. The van der Waals surface area contributed by atoms with Gasteiger partial charge in [0.15, 0.2) is 0 Å². The largest absolute Gasteiger partial charge is 0.496 e. The second-order valence-corrected chi connectivity index (χ2v) is 11.1. The minimum Gasteiger partial charge on any atom is -0.496 e. The van der Waals surface area contributed by atoms with Crippen molar-refractivity contribution in [1.29, 1.82) is 0 Å². The summed E-state index contributed by atoms with van der Waals surface area (Å²) in [6.45, 7) is 1.08. The van der Waals surface area contributed by atoms with E-state index in [2.05, 4.69) is 5.32 Å². The first-order chi connectivity index (χ1) is 15.0. The van der Waals surface area contributed by atoms with Gasteiger partial charge in [-0.25, -0.2) is 16.8 Å². The number of methoxy groups -OCH3 is 1. The lowest BCUT2D eigenvalue weighted by Gasteiger charge is -2.26. The molecule has 10 nitrogen and oxygen atoms in total. The fourth-order valence-electron chi connectivity index (χ4n) is 3.13. The summed E-state index contributed by atoms with van der Waals surface area (Å²) in [5, 5.41) is 2.67. The van der Waals surface area contributed by atoms with Crippen molar-refractivity contribution in [2.24, 2.45) is 0 Å². The molecular formula is C20H25N3O7S2. The molecule has 0 unspecified atom stereocenters. The summed E-state index contributed by atoms with van der Waals surface area (Å²) in [5.74, 6) is -0.395. The Bertz CT molecular complexity index is 1210. The molecule has 12 heteroatoms.